The number of methoxy groups -OCH3 is 1. The van der Waals surface area contributed by atoms with Crippen LogP contribution in [0.4, 0.5) is 0 Å². The number of hydrogen-bond acceptors (Lipinski definition) is 2. The number of benzene rings is 1. The molecule has 2 nitrogen and oxygen atoms in total. The normalized spacial score (nSPS) is 9.57. The predicted molar refractivity (Wildman–Crippen MR) is 57.3 cm³/mol. The summed E-state index contributed by atoms with van der Waals surface area (Å²) in [4.78, 5) is 11.4. The smallest absolute Gasteiger partial charge is 0.162 e. The average molecular weight is 190 g/mol. The SMILES string of the molecule is C=C(C(=O)CC)c1cccc(OC)c1. The molecule has 0 saturated carbocycles. The molecule has 0 aromatic heterocycles. The van der Waals surface area contributed by atoms with Crippen molar-refractivity contribution >= 4 is 11.4 Å². The highest BCUT2D eigenvalue weighted by Crippen LogP contribution is 2.20. The van der Waals surface area contributed by atoms with Crippen LogP contribution in [-0.2, 0) is 4.79 Å². The zero-order valence-electron chi connectivity index (χ0n) is 8.54. The van der Waals surface area contributed by atoms with E-state index in [4.69, 9.17) is 4.74 Å². The molecule has 74 valence electrons. The molecule has 0 aliphatic rings. The second-order valence-electron chi connectivity index (χ2n) is 2.99. The topological polar surface area (TPSA) is 26.3 Å². The first-order chi connectivity index (χ1) is 6.69. The molecule has 0 aliphatic heterocycles. The summed E-state index contributed by atoms with van der Waals surface area (Å²) < 4.78 is 5.07. The molecule has 0 N–H and O–H groups in total. The van der Waals surface area contributed by atoms with Crippen LogP contribution >= 0.6 is 0 Å². The Morgan fingerprint density at radius 1 is 1.50 bits per heavy atom. The molecule has 0 atom stereocenters. The van der Waals surface area contributed by atoms with Crippen molar-refractivity contribution in [3.05, 3.63) is 36.4 Å². The molecular formula is C12H14O2. The van der Waals surface area contributed by atoms with Gasteiger partial charge in [0.15, 0.2) is 5.78 Å². The standard InChI is InChI=1S/C12H14O2/c1-4-12(13)9(2)10-6-5-7-11(8-10)14-3/h5-8H,2,4H2,1,3H3. The number of hydrogen-bond donors (Lipinski definition) is 0. The van der Waals surface area contributed by atoms with Crippen molar-refractivity contribution in [1.29, 1.82) is 0 Å². The second kappa shape index (κ2) is 4.61. The molecule has 0 aliphatic carbocycles. The van der Waals surface area contributed by atoms with Crippen LogP contribution in [0, 0.1) is 0 Å². The van der Waals surface area contributed by atoms with Crippen LogP contribution in [0.5, 0.6) is 5.75 Å². The Balaban J connectivity index is 2.95. The zero-order chi connectivity index (χ0) is 10.6. The van der Waals surface area contributed by atoms with Crippen LogP contribution in [0.25, 0.3) is 5.57 Å². The Labute approximate surface area is 84.2 Å². The minimum atomic E-state index is 0.0678. The van der Waals surface area contributed by atoms with Gasteiger partial charge in [-0.25, -0.2) is 0 Å². The molecule has 1 aromatic rings. The maximum absolute atomic E-state index is 11.4. The summed E-state index contributed by atoms with van der Waals surface area (Å²) in [7, 11) is 1.60. The predicted octanol–water partition coefficient (Wildman–Crippen LogP) is 2.69. The molecule has 14 heavy (non-hydrogen) atoms. The Morgan fingerprint density at radius 2 is 2.21 bits per heavy atom. The van der Waals surface area contributed by atoms with Crippen LogP contribution < -0.4 is 4.74 Å². The number of allylic oxidation sites excluding steroid dienone is 1. The van der Waals surface area contributed by atoms with E-state index in [-0.39, 0.29) is 5.78 Å². The lowest BCUT2D eigenvalue weighted by Gasteiger charge is -2.05. The van der Waals surface area contributed by atoms with Crippen LogP contribution in [0.3, 0.4) is 0 Å². The summed E-state index contributed by atoms with van der Waals surface area (Å²) in [6, 6.07) is 7.36. The largest absolute Gasteiger partial charge is 0.497 e. The summed E-state index contributed by atoms with van der Waals surface area (Å²) in [6.07, 6.45) is 0.482. The number of ether oxygens (including phenoxy) is 1. The van der Waals surface area contributed by atoms with E-state index in [0.29, 0.717) is 12.0 Å². The van der Waals surface area contributed by atoms with Gasteiger partial charge in [-0.15, -0.1) is 0 Å². The van der Waals surface area contributed by atoms with Crippen molar-refractivity contribution in [1.82, 2.24) is 0 Å². The first-order valence-electron chi connectivity index (χ1n) is 4.55. The highest BCUT2D eigenvalue weighted by molar-refractivity contribution is 6.19. The summed E-state index contributed by atoms with van der Waals surface area (Å²) in [5.41, 5.74) is 1.38. The van der Waals surface area contributed by atoms with Crippen molar-refractivity contribution in [2.45, 2.75) is 13.3 Å². The van der Waals surface area contributed by atoms with Crippen molar-refractivity contribution in [3.63, 3.8) is 0 Å². The van der Waals surface area contributed by atoms with E-state index in [9.17, 15) is 4.79 Å². The third kappa shape index (κ3) is 2.22. The molecule has 0 bridgehead atoms. The monoisotopic (exact) mass is 190 g/mol. The lowest BCUT2D eigenvalue weighted by molar-refractivity contribution is -0.113. The quantitative estimate of drug-likeness (QED) is 0.682. The molecule has 0 saturated heterocycles. The minimum Gasteiger partial charge on any atom is -0.497 e. The number of rotatable bonds is 4. The van der Waals surface area contributed by atoms with Gasteiger partial charge >= 0.3 is 0 Å². The first-order valence-corrected chi connectivity index (χ1v) is 4.55. The Kier molecular flexibility index (Phi) is 3.46. The number of Topliss-reactive ketones (excluding diaryl/α,β-unsaturated/α-hetero) is 1. The van der Waals surface area contributed by atoms with Gasteiger partial charge in [-0.2, -0.15) is 0 Å². The van der Waals surface area contributed by atoms with Crippen LogP contribution in [0.2, 0.25) is 0 Å². The number of carbonyl (C=O) groups excluding carboxylic acids is 1. The van der Waals surface area contributed by atoms with Gasteiger partial charge in [0.1, 0.15) is 5.75 Å². The highest BCUT2D eigenvalue weighted by Gasteiger charge is 2.07. The molecule has 0 fully saturated rings. The fraction of sp³-hybridized carbons (Fsp3) is 0.250. The molecule has 1 aromatic carbocycles. The van der Waals surface area contributed by atoms with Crippen LogP contribution in [-0.4, -0.2) is 12.9 Å². The third-order valence-electron chi connectivity index (χ3n) is 2.08. The third-order valence-corrected chi connectivity index (χ3v) is 2.08. The van der Waals surface area contributed by atoms with E-state index in [1.54, 1.807) is 7.11 Å². The molecule has 1 rings (SSSR count). The molecule has 0 spiro atoms. The van der Waals surface area contributed by atoms with E-state index >= 15 is 0 Å². The molecule has 0 unspecified atom stereocenters. The molecule has 2 heteroatoms. The number of carbonyl (C=O) groups is 1. The average Bonchev–Trinajstić information content (AvgIpc) is 2.27. The lowest BCUT2D eigenvalue weighted by atomic mass is 10.0. The molecule has 0 radical (unpaired) electrons. The maximum Gasteiger partial charge on any atom is 0.162 e. The lowest BCUT2D eigenvalue weighted by Crippen LogP contribution is -1.98. The van der Waals surface area contributed by atoms with Crippen molar-refractivity contribution in [2.75, 3.05) is 7.11 Å². The Morgan fingerprint density at radius 3 is 2.79 bits per heavy atom. The summed E-state index contributed by atoms with van der Waals surface area (Å²) in [5.74, 6) is 0.811. The summed E-state index contributed by atoms with van der Waals surface area (Å²) >= 11 is 0. The number of ketones is 1. The van der Waals surface area contributed by atoms with Crippen molar-refractivity contribution in [2.24, 2.45) is 0 Å². The van der Waals surface area contributed by atoms with Gasteiger partial charge in [-0.3, -0.25) is 4.79 Å². The fourth-order valence-electron chi connectivity index (χ4n) is 1.19. The highest BCUT2D eigenvalue weighted by atomic mass is 16.5. The van der Waals surface area contributed by atoms with Gasteiger partial charge in [0, 0.05) is 12.0 Å². The van der Waals surface area contributed by atoms with E-state index in [1.165, 1.54) is 0 Å². The van der Waals surface area contributed by atoms with Gasteiger partial charge in [0.2, 0.25) is 0 Å². The van der Waals surface area contributed by atoms with E-state index < -0.39 is 0 Å². The summed E-state index contributed by atoms with van der Waals surface area (Å²) in [5, 5.41) is 0. The van der Waals surface area contributed by atoms with Crippen LogP contribution in [0.15, 0.2) is 30.8 Å². The molecular weight excluding hydrogens is 176 g/mol. The van der Waals surface area contributed by atoms with Gasteiger partial charge in [0.05, 0.1) is 7.11 Å². The molecule has 0 heterocycles. The second-order valence-corrected chi connectivity index (χ2v) is 2.99. The minimum absolute atomic E-state index is 0.0678. The van der Waals surface area contributed by atoms with Crippen molar-refractivity contribution in [3.8, 4) is 5.75 Å². The first kappa shape index (κ1) is 10.5. The van der Waals surface area contributed by atoms with E-state index in [1.807, 2.05) is 31.2 Å². The van der Waals surface area contributed by atoms with Gasteiger partial charge in [0.25, 0.3) is 0 Å². The van der Waals surface area contributed by atoms with Gasteiger partial charge in [-0.1, -0.05) is 25.6 Å². The van der Waals surface area contributed by atoms with Crippen LogP contribution in [0.1, 0.15) is 18.9 Å². The van der Waals surface area contributed by atoms with Crippen molar-refractivity contribution < 1.29 is 9.53 Å². The Bertz CT molecular complexity index is 353. The van der Waals surface area contributed by atoms with Gasteiger partial charge < -0.3 is 4.74 Å². The van der Waals surface area contributed by atoms with E-state index in [0.717, 1.165) is 11.3 Å². The van der Waals surface area contributed by atoms with Gasteiger partial charge in [-0.05, 0) is 17.7 Å². The summed E-state index contributed by atoms with van der Waals surface area (Å²) in [6.45, 7) is 5.59. The maximum atomic E-state index is 11.4. The Hall–Kier alpha value is -1.57. The fourth-order valence-corrected chi connectivity index (χ4v) is 1.19. The zero-order valence-corrected chi connectivity index (χ0v) is 8.54. The van der Waals surface area contributed by atoms with E-state index in [2.05, 4.69) is 6.58 Å². The molecule has 0 amide bonds.